The molecule has 0 bridgehead atoms. The highest BCUT2D eigenvalue weighted by Gasteiger charge is 1.99. The molecule has 0 unspecified atom stereocenters. The second-order valence-electron chi connectivity index (χ2n) is 3.79. The Labute approximate surface area is 147 Å². The van der Waals surface area contributed by atoms with Gasteiger partial charge in [0.2, 0.25) is 0 Å². The second-order valence-corrected chi connectivity index (χ2v) is 5.70. The molecule has 1 heterocycles. The van der Waals surface area contributed by atoms with Crippen molar-refractivity contribution in [2.24, 2.45) is 10.7 Å². The fourth-order valence-electron chi connectivity index (χ4n) is 1.49. The number of hydrogen-bond acceptors (Lipinski definition) is 3. The lowest BCUT2D eigenvalue weighted by Gasteiger charge is -2.07. The van der Waals surface area contributed by atoms with Crippen molar-refractivity contribution in [2.75, 3.05) is 12.4 Å². The van der Waals surface area contributed by atoms with Crippen molar-refractivity contribution in [3.05, 3.63) is 45.1 Å². The van der Waals surface area contributed by atoms with Gasteiger partial charge in [-0.05, 0) is 34.1 Å². The van der Waals surface area contributed by atoms with E-state index in [-0.39, 0.29) is 24.0 Å². The molecule has 0 aliphatic carbocycles. The number of hydrogen-bond donors (Lipinski definition) is 2. The first-order chi connectivity index (χ1) is 9.17. The lowest BCUT2D eigenvalue weighted by molar-refractivity contribution is 0.415. The van der Waals surface area contributed by atoms with Gasteiger partial charge in [-0.15, -0.1) is 35.3 Å². The Bertz CT molecular complexity index is 589. The van der Waals surface area contributed by atoms with Crippen molar-refractivity contribution < 1.29 is 4.74 Å². The van der Waals surface area contributed by atoms with E-state index >= 15 is 0 Å². The van der Waals surface area contributed by atoms with Crippen LogP contribution in [-0.4, -0.2) is 13.1 Å². The summed E-state index contributed by atoms with van der Waals surface area (Å²) in [4.78, 5) is 5.45. The normalized spacial score (nSPS) is 10.8. The van der Waals surface area contributed by atoms with Crippen molar-refractivity contribution in [1.82, 2.24) is 0 Å². The number of nitrogens with two attached hydrogens (primary N) is 1. The SMILES string of the molecule is COc1cccc(NC(N)=NCc2cc(Br)cs2)c1.I. The minimum atomic E-state index is 0. The number of nitrogens with zero attached hydrogens (tertiary/aromatic N) is 1. The molecule has 0 fully saturated rings. The van der Waals surface area contributed by atoms with Crippen molar-refractivity contribution in [3.63, 3.8) is 0 Å². The zero-order chi connectivity index (χ0) is 13.7. The van der Waals surface area contributed by atoms with Gasteiger partial charge in [0.15, 0.2) is 5.96 Å². The molecule has 0 aliphatic heterocycles. The summed E-state index contributed by atoms with van der Waals surface area (Å²) in [6, 6.07) is 9.58. The van der Waals surface area contributed by atoms with Gasteiger partial charge in [0, 0.05) is 26.5 Å². The van der Waals surface area contributed by atoms with Crippen LogP contribution in [0, 0.1) is 0 Å². The smallest absolute Gasteiger partial charge is 0.193 e. The Kier molecular flexibility index (Phi) is 7.31. The zero-order valence-corrected chi connectivity index (χ0v) is 15.5. The van der Waals surface area contributed by atoms with Crippen molar-refractivity contribution >= 4 is 62.9 Å². The molecule has 0 spiro atoms. The quantitative estimate of drug-likeness (QED) is 0.405. The molecular weight excluding hydrogens is 453 g/mol. The summed E-state index contributed by atoms with van der Waals surface area (Å²) in [6.07, 6.45) is 0. The zero-order valence-electron chi connectivity index (χ0n) is 10.8. The van der Waals surface area contributed by atoms with Gasteiger partial charge in [0.25, 0.3) is 0 Å². The molecule has 7 heteroatoms. The van der Waals surface area contributed by atoms with E-state index in [4.69, 9.17) is 10.5 Å². The average Bonchev–Trinajstić information content (AvgIpc) is 2.82. The fraction of sp³-hybridized carbons (Fsp3) is 0.154. The summed E-state index contributed by atoms with van der Waals surface area (Å²) in [5, 5.41) is 5.06. The Morgan fingerprint density at radius 3 is 2.90 bits per heavy atom. The molecule has 108 valence electrons. The number of methoxy groups -OCH3 is 1. The molecule has 0 amide bonds. The molecule has 1 aromatic heterocycles. The maximum atomic E-state index is 5.84. The Balaban J connectivity index is 0.00000200. The minimum absolute atomic E-state index is 0. The third-order valence-electron chi connectivity index (χ3n) is 2.37. The molecule has 3 N–H and O–H groups in total. The molecule has 2 rings (SSSR count). The highest BCUT2D eigenvalue weighted by atomic mass is 127. The van der Waals surface area contributed by atoms with Gasteiger partial charge in [-0.1, -0.05) is 6.07 Å². The molecule has 4 nitrogen and oxygen atoms in total. The number of nitrogens with one attached hydrogen (secondary N) is 1. The van der Waals surface area contributed by atoms with Gasteiger partial charge in [-0.2, -0.15) is 0 Å². The first kappa shape index (κ1) is 17.3. The van der Waals surface area contributed by atoms with Crippen LogP contribution in [0.5, 0.6) is 5.75 Å². The van der Waals surface area contributed by atoms with Gasteiger partial charge in [0.05, 0.1) is 13.7 Å². The van der Waals surface area contributed by atoms with Gasteiger partial charge >= 0.3 is 0 Å². The molecule has 0 saturated heterocycles. The van der Waals surface area contributed by atoms with Crippen molar-refractivity contribution in [3.8, 4) is 5.75 Å². The number of benzene rings is 1. The van der Waals surface area contributed by atoms with Crippen molar-refractivity contribution in [1.29, 1.82) is 0 Å². The molecular formula is C13H15BrIN3OS. The topological polar surface area (TPSA) is 59.6 Å². The number of halogens is 2. The second kappa shape index (κ2) is 8.48. The summed E-state index contributed by atoms with van der Waals surface area (Å²) in [5.74, 6) is 1.16. The fourth-order valence-corrected chi connectivity index (χ4v) is 2.86. The van der Waals surface area contributed by atoms with Crippen LogP contribution in [-0.2, 0) is 6.54 Å². The molecule has 2 aromatic rings. The van der Waals surface area contributed by atoms with E-state index in [0.717, 1.165) is 20.8 Å². The Hall–Kier alpha value is -0.800. The molecule has 0 radical (unpaired) electrons. The number of thiophene rings is 1. The highest BCUT2D eigenvalue weighted by Crippen LogP contribution is 2.20. The predicted molar refractivity (Wildman–Crippen MR) is 99.4 cm³/mol. The Morgan fingerprint density at radius 1 is 1.45 bits per heavy atom. The third kappa shape index (κ3) is 5.29. The first-order valence-electron chi connectivity index (χ1n) is 5.61. The maximum absolute atomic E-state index is 5.84. The number of guanidine groups is 1. The van der Waals surface area contributed by atoms with E-state index in [2.05, 4.69) is 26.2 Å². The lowest BCUT2D eigenvalue weighted by Crippen LogP contribution is -2.22. The molecule has 0 saturated carbocycles. The largest absolute Gasteiger partial charge is 0.497 e. The number of ether oxygens (including phenoxy) is 1. The molecule has 1 aromatic carbocycles. The van der Waals surface area contributed by atoms with E-state index in [0.29, 0.717) is 12.5 Å². The number of rotatable bonds is 4. The molecule has 0 atom stereocenters. The Morgan fingerprint density at radius 2 is 2.25 bits per heavy atom. The first-order valence-corrected chi connectivity index (χ1v) is 7.28. The van der Waals surface area contributed by atoms with E-state index in [1.807, 2.05) is 35.7 Å². The van der Waals surface area contributed by atoms with Crippen LogP contribution in [0.15, 0.2) is 45.2 Å². The van der Waals surface area contributed by atoms with Crippen LogP contribution in [0.4, 0.5) is 5.69 Å². The standard InChI is InChI=1S/C13H14BrN3OS.HI/c1-18-11-4-2-3-10(6-11)17-13(15)16-7-12-5-9(14)8-19-12;/h2-6,8H,7H2,1H3,(H3,15,16,17);1H. The highest BCUT2D eigenvalue weighted by molar-refractivity contribution is 14.0. The van der Waals surface area contributed by atoms with E-state index < -0.39 is 0 Å². The van der Waals surface area contributed by atoms with E-state index in [1.165, 1.54) is 0 Å². The lowest BCUT2D eigenvalue weighted by atomic mass is 10.3. The number of aliphatic imine (C=N–C) groups is 1. The maximum Gasteiger partial charge on any atom is 0.193 e. The van der Waals surface area contributed by atoms with Crippen LogP contribution in [0.2, 0.25) is 0 Å². The monoisotopic (exact) mass is 467 g/mol. The summed E-state index contributed by atoms with van der Waals surface area (Å²) in [6.45, 7) is 0.569. The van der Waals surface area contributed by atoms with Gasteiger partial charge < -0.3 is 15.8 Å². The van der Waals surface area contributed by atoms with Crippen LogP contribution in [0.3, 0.4) is 0 Å². The third-order valence-corrected chi connectivity index (χ3v) is 4.05. The summed E-state index contributed by atoms with van der Waals surface area (Å²) >= 11 is 5.06. The van der Waals surface area contributed by atoms with E-state index in [1.54, 1.807) is 18.4 Å². The van der Waals surface area contributed by atoms with Crippen LogP contribution in [0.25, 0.3) is 0 Å². The van der Waals surface area contributed by atoms with Gasteiger partial charge in [-0.3, -0.25) is 0 Å². The predicted octanol–water partition coefficient (Wildman–Crippen LogP) is 4.06. The summed E-state index contributed by atoms with van der Waals surface area (Å²) in [5.41, 5.74) is 6.70. The van der Waals surface area contributed by atoms with Gasteiger partial charge in [0.1, 0.15) is 5.75 Å². The van der Waals surface area contributed by atoms with Crippen molar-refractivity contribution in [2.45, 2.75) is 6.54 Å². The minimum Gasteiger partial charge on any atom is -0.497 e. The summed E-state index contributed by atoms with van der Waals surface area (Å²) in [7, 11) is 1.63. The van der Waals surface area contributed by atoms with Crippen LogP contribution >= 0.6 is 51.2 Å². The number of anilines is 1. The summed E-state index contributed by atoms with van der Waals surface area (Å²) < 4.78 is 6.22. The van der Waals surface area contributed by atoms with Crippen LogP contribution < -0.4 is 15.8 Å². The average molecular weight is 468 g/mol. The van der Waals surface area contributed by atoms with E-state index in [9.17, 15) is 0 Å². The van der Waals surface area contributed by atoms with Crippen LogP contribution in [0.1, 0.15) is 4.88 Å². The molecule has 20 heavy (non-hydrogen) atoms. The van der Waals surface area contributed by atoms with Gasteiger partial charge in [-0.25, -0.2) is 4.99 Å². The molecule has 0 aliphatic rings.